The van der Waals surface area contributed by atoms with Crippen LogP contribution >= 0.6 is 0 Å². The minimum absolute atomic E-state index is 0.250. The van der Waals surface area contributed by atoms with Gasteiger partial charge in [0.15, 0.2) is 0 Å². The van der Waals surface area contributed by atoms with Gasteiger partial charge >= 0.3 is 0 Å². The Labute approximate surface area is 165 Å². The van der Waals surface area contributed by atoms with E-state index in [4.69, 9.17) is 24.8 Å². The standard InChI is InChI=1S/C17H27N5.2CH2O2/c1-13-14(2)20(4)17(19-13)12-21-8-5-6-16(10-21)11-22-9-7-18-15(22)3;2*2-1-3/h7,9,16H,5-6,8,10-12H2,1-4H3;2*1H,(H,2,3). The van der Waals surface area contributed by atoms with Crippen molar-refractivity contribution in [2.45, 2.75) is 46.7 Å². The van der Waals surface area contributed by atoms with Crippen molar-refractivity contribution in [2.24, 2.45) is 13.0 Å². The Morgan fingerprint density at radius 2 is 1.86 bits per heavy atom. The molecule has 1 unspecified atom stereocenters. The van der Waals surface area contributed by atoms with Crippen LogP contribution in [0.5, 0.6) is 0 Å². The molecule has 0 aromatic carbocycles. The van der Waals surface area contributed by atoms with Gasteiger partial charge < -0.3 is 19.3 Å². The van der Waals surface area contributed by atoms with Crippen molar-refractivity contribution in [1.82, 2.24) is 24.0 Å². The summed E-state index contributed by atoms with van der Waals surface area (Å²) in [5.41, 5.74) is 2.43. The molecule has 0 amide bonds. The highest BCUT2D eigenvalue weighted by molar-refractivity contribution is 5.33. The van der Waals surface area contributed by atoms with Gasteiger partial charge in [0.05, 0.1) is 12.2 Å². The Kier molecular flexibility index (Phi) is 9.94. The third kappa shape index (κ3) is 6.80. The molecule has 3 rings (SSSR count). The average Bonchev–Trinajstić information content (AvgIpc) is 3.15. The van der Waals surface area contributed by atoms with Gasteiger partial charge in [-0.1, -0.05) is 0 Å². The van der Waals surface area contributed by atoms with E-state index in [1.807, 2.05) is 6.20 Å². The molecule has 0 bridgehead atoms. The first-order valence-corrected chi connectivity index (χ1v) is 9.22. The minimum Gasteiger partial charge on any atom is -0.483 e. The Balaban J connectivity index is 0.000000582. The van der Waals surface area contributed by atoms with Crippen molar-refractivity contribution in [3.05, 3.63) is 35.4 Å². The predicted molar refractivity (Wildman–Crippen MR) is 105 cm³/mol. The van der Waals surface area contributed by atoms with Gasteiger partial charge in [0.25, 0.3) is 12.9 Å². The zero-order chi connectivity index (χ0) is 21.1. The number of rotatable bonds is 4. The summed E-state index contributed by atoms with van der Waals surface area (Å²) in [6.07, 6.45) is 6.59. The number of imidazole rings is 2. The van der Waals surface area contributed by atoms with Gasteiger partial charge in [0.1, 0.15) is 11.6 Å². The highest BCUT2D eigenvalue weighted by Gasteiger charge is 2.22. The van der Waals surface area contributed by atoms with Gasteiger partial charge in [-0.05, 0) is 46.1 Å². The smallest absolute Gasteiger partial charge is 0.290 e. The van der Waals surface area contributed by atoms with E-state index in [1.54, 1.807) is 0 Å². The molecule has 1 aliphatic heterocycles. The first kappa shape index (κ1) is 23.4. The highest BCUT2D eigenvalue weighted by atomic mass is 16.3. The Morgan fingerprint density at radius 1 is 1.21 bits per heavy atom. The van der Waals surface area contributed by atoms with Gasteiger partial charge in [0, 0.05) is 38.2 Å². The van der Waals surface area contributed by atoms with Gasteiger partial charge in [-0.3, -0.25) is 14.5 Å². The van der Waals surface area contributed by atoms with Crippen LogP contribution in [0.25, 0.3) is 0 Å². The molecule has 28 heavy (non-hydrogen) atoms. The second-order valence-corrected chi connectivity index (χ2v) is 6.84. The number of piperidine rings is 1. The van der Waals surface area contributed by atoms with E-state index in [0.29, 0.717) is 5.92 Å². The fourth-order valence-electron chi connectivity index (χ4n) is 3.45. The Hall–Kier alpha value is -2.68. The van der Waals surface area contributed by atoms with Gasteiger partial charge in [-0.15, -0.1) is 0 Å². The largest absolute Gasteiger partial charge is 0.483 e. The normalized spacial score (nSPS) is 16.4. The molecule has 9 nitrogen and oxygen atoms in total. The van der Waals surface area contributed by atoms with Gasteiger partial charge in [0.2, 0.25) is 0 Å². The number of carboxylic acid groups (broad SMARTS) is 2. The van der Waals surface area contributed by atoms with E-state index >= 15 is 0 Å². The predicted octanol–water partition coefficient (Wildman–Crippen LogP) is 1.86. The molecule has 0 aliphatic carbocycles. The van der Waals surface area contributed by atoms with Crippen LogP contribution in [0.4, 0.5) is 0 Å². The number of likely N-dealkylation sites (tertiary alicyclic amines) is 1. The van der Waals surface area contributed by atoms with E-state index < -0.39 is 0 Å². The first-order valence-electron chi connectivity index (χ1n) is 9.22. The van der Waals surface area contributed by atoms with Crippen molar-refractivity contribution in [3.63, 3.8) is 0 Å². The summed E-state index contributed by atoms with van der Waals surface area (Å²) in [6.45, 7) is 10.2. The minimum atomic E-state index is -0.250. The fourth-order valence-corrected chi connectivity index (χ4v) is 3.45. The molecule has 0 radical (unpaired) electrons. The molecule has 3 heterocycles. The molecule has 0 saturated carbocycles. The average molecular weight is 393 g/mol. The quantitative estimate of drug-likeness (QED) is 0.762. The van der Waals surface area contributed by atoms with Crippen molar-refractivity contribution in [3.8, 4) is 0 Å². The van der Waals surface area contributed by atoms with Crippen LogP contribution in [-0.2, 0) is 29.7 Å². The van der Waals surface area contributed by atoms with Crippen LogP contribution in [0.1, 0.15) is 35.9 Å². The SMILES string of the molecule is Cc1nc(CN2CCCC(Cn3ccnc3C)C2)n(C)c1C.O=CO.O=CO. The lowest BCUT2D eigenvalue weighted by molar-refractivity contribution is -0.123. The molecule has 2 N–H and O–H groups in total. The molecular formula is C19H31N5O4. The van der Waals surface area contributed by atoms with Crippen LogP contribution < -0.4 is 0 Å². The molecular weight excluding hydrogens is 362 g/mol. The van der Waals surface area contributed by atoms with Crippen LogP contribution in [-0.4, -0.2) is 60.2 Å². The van der Waals surface area contributed by atoms with E-state index in [2.05, 4.69) is 53.0 Å². The number of aryl methyl sites for hydroxylation is 2. The van der Waals surface area contributed by atoms with E-state index in [1.165, 1.54) is 30.9 Å². The van der Waals surface area contributed by atoms with Gasteiger partial charge in [-0.25, -0.2) is 9.97 Å². The highest BCUT2D eigenvalue weighted by Crippen LogP contribution is 2.21. The third-order valence-corrected chi connectivity index (χ3v) is 5.06. The Morgan fingerprint density at radius 3 is 2.36 bits per heavy atom. The number of hydrogen-bond acceptors (Lipinski definition) is 5. The zero-order valence-electron chi connectivity index (χ0n) is 17.1. The maximum absolute atomic E-state index is 8.36. The van der Waals surface area contributed by atoms with E-state index in [9.17, 15) is 0 Å². The van der Waals surface area contributed by atoms with E-state index in [0.717, 1.165) is 31.2 Å². The second-order valence-electron chi connectivity index (χ2n) is 6.84. The lowest BCUT2D eigenvalue weighted by Crippen LogP contribution is -2.37. The molecule has 1 saturated heterocycles. The molecule has 156 valence electrons. The number of carbonyl (C=O) groups is 2. The van der Waals surface area contributed by atoms with Crippen molar-refractivity contribution in [1.29, 1.82) is 0 Å². The lowest BCUT2D eigenvalue weighted by atomic mass is 9.98. The van der Waals surface area contributed by atoms with E-state index in [-0.39, 0.29) is 12.9 Å². The first-order chi connectivity index (χ1) is 13.4. The lowest BCUT2D eigenvalue weighted by Gasteiger charge is -2.32. The second kappa shape index (κ2) is 11.9. The topological polar surface area (TPSA) is 113 Å². The molecule has 2 aromatic rings. The van der Waals surface area contributed by atoms with Crippen molar-refractivity contribution in [2.75, 3.05) is 13.1 Å². The fraction of sp³-hybridized carbons (Fsp3) is 0.579. The monoisotopic (exact) mass is 393 g/mol. The summed E-state index contributed by atoms with van der Waals surface area (Å²) in [6, 6.07) is 0. The molecule has 1 atom stereocenters. The van der Waals surface area contributed by atoms with Crippen molar-refractivity contribution < 1.29 is 19.8 Å². The summed E-state index contributed by atoms with van der Waals surface area (Å²) < 4.78 is 4.52. The molecule has 1 aliphatic rings. The molecule has 9 heteroatoms. The summed E-state index contributed by atoms with van der Waals surface area (Å²) in [7, 11) is 2.13. The number of aromatic nitrogens is 4. The maximum Gasteiger partial charge on any atom is 0.290 e. The number of hydrogen-bond donors (Lipinski definition) is 2. The van der Waals surface area contributed by atoms with Gasteiger partial charge in [-0.2, -0.15) is 0 Å². The summed E-state index contributed by atoms with van der Waals surface area (Å²) >= 11 is 0. The summed E-state index contributed by atoms with van der Waals surface area (Å²) in [5, 5.41) is 13.8. The maximum atomic E-state index is 8.36. The zero-order valence-corrected chi connectivity index (χ0v) is 17.1. The summed E-state index contributed by atoms with van der Waals surface area (Å²) in [5.74, 6) is 3.02. The third-order valence-electron chi connectivity index (χ3n) is 5.06. The molecule has 1 fully saturated rings. The molecule has 2 aromatic heterocycles. The van der Waals surface area contributed by atoms with Crippen LogP contribution in [0.15, 0.2) is 12.4 Å². The Bertz CT molecular complexity index is 735. The number of nitrogens with zero attached hydrogens (tertiary/aromatic N) is 5. The van der Waals surface area contributed by atoms with Crippen LogP contribution in [0, 0.1) is 26.7 Å². The van der Waals surface area contributed by atoms with Crippen molar-refractivity contribution >= 4 is 12.9 Å². The van der Waals surface area contributed by atoms with Crippen LogP contribution in [0.2, 0.25) is 0 Å². The van der Waals surface area contributed by atoms with Crippen LogP contribution in [0.3, 0.4) is 0 Å². The summed E-state index contributed by atoms with van der Waals surface area (Å²) in [4.78, 5) is 28.3. The molecule has 0 spiro atoms.